The third kappa shape index (κ3) is 3.55. The Morgan fingerprint density at radius 2 is 2.04 bits per heavy atom. The van der Waals surface area contributed by atoms with Gasteiger partial charge in [-0.05, 0) is 36.4 Å². The van der Waals surface area contributed by atoms with Crippen molar-refractivity contribution in [2.45, 2.75) is 0 Å². The van der Waals surface area contributed by atoms with E-state index in [-0.39, 0.29) is 11.6 Å². The standard InChI is InChI=1S/C18H12Cl2N6O/c19-11-4-5-16(12(20)9-11)26-8-6-14(25-26)18(27)23-15-10-22-24-17(15)13-3-1-2-7-21-13/h1-10H,(H,22,24)(H,23,27). The predicted molar refractivity (Wildman–Crippen MR) is 103 cm³/mol. The third-order valence-corrected chi connectivity index (χ3v) is 4.32. The molecule has 1 aromatic carbocycles. The molecule has 4 aromatic rings. The van der Waals surface area contributed by atoms with Gasteiger partial charge in [0.15, 0.2) is 5.69 Å². The zero-order valence-corrected chi connectivity index (χ0v) is 15.2. The molecule has 0 saturated heterocycles. The van der Waals surface area contributed by atoms with Crippen molar-refractivity contribution in [2.24, 2.45) is 0 Å². The molecule has 7 nitrogen and oxygen atoms in total. The molecule has 27 heavy (non-hydrogen) atoms. The topological polar surface area (TPSA) is 88.5 Å². The van der Waals surface area contributed by atoms with Gasteiger partial charge in [-0.1, -0.05) is 29.3 Å². The molecule has 0 aliphatic rings. The number of rotatable bonds is 4. The maximum Gasteiger partial charge on any atom is 0.276 e. The Morgan fingerprint density at radius 3 is 2.81 bits per heavy atom. The highest BCUT2D eigenvalue weighted by Gasteiger charge is 2.16. The Kier molecular flexibility index (Phi) is 4.62. The smallest absolute Gasteiger partial charge is 0.276 e. The quantitative estimate of drug-likeness (QED) is 0.538. The van der Waals surface area contributed by atoms with Gasteiger partial charge < -0.3 is 5.32 Å². The number of aromatic amines is 1. The van der Waals surface area contributed by atoms with Gasteiger partial charge >= 0.3 is 0 Å². The fourth-order valence-corrected chi connectivity index (χ4v) is 3.01. The van der Waals surface area contributed by atoms with E-state index in [2.05, 4.69) is 25.6 Å². The van der Waals surface area contributed by atoms with E-state index in [1.165, 1.54) is 10.9 Å². The fourth-order valence-electron chi connectivity index (χ4n) is 2.52. The second kappa shape index (κ2) is 7.22. The number of carbonyl (C=O) groups is 1. The number of hydrogen-bond acceptors (Lipinski definition) is 4. The average Bonchev–Trinajstić information content (AvgIpc) is 3.32. The van der Waals surface area contributed by atoms with E-state index in [0.29, 0.717) is 32.8 Å². The number of aromatic nitrogens is 5. The molecule has 0 unspecified atom stereocenters. The first kappa shape index (κ1) is 17.3. The minimum absolute atomic E-state index is 0.231. The lowest BCUT2D eigenvalue weighted by Crippen LogP contribution is -2.13. The molecule has 3 heterocycles. The van der Waals surface area contributed by atoms with Crippen molar-refractivity contribution in [1.29, 1.82) is 0 Å². The van der Waals surface area contributed by atoms with E-state index >= 15 is 0 Å². The van der Waals surface area contributed by atoms with Crippen molar-refractivity contribution in [1.82, 2.24) is 25.0 Å². The van der Waals surface area contributed by atoms with Crippen molar-refractivity contribution < 1.29 is 4.79 Å². The van der Waals surface area contributed by atoms with Crippen LogP contribution < -0.4 is 5.32 Å². The molecule has 0 bridgehead atoms. The first-order valence-corrected chi connectivity index (χ1v) is 8.64. The summed E-state index contributed by atoms with van der Waals surface area (Å²) >= 11 is 12.1. The first-order chi connectivity index (χ1) is 13.1. The number of anilines is 1. The summed E-state index contributed by atoms with van der Waals surface area (Å²) in [6.45, 7) is 0. The molecule has 9 heteroatoms. The van der Waals surface area contributed by atoms with Crippen LogP contribution in [-0.4, -0.2) is 30.9 Å². The molecular formula is C18H12Cl2N6O. The molecule has 4 rings (SSSR count). The number of pyridine rings is 1. The van der Waals surface area contributed by atoms with Crippen molar-refractivity contribution in [3.63, 3.8) is 0 Å². The summed E-state index contributed by atoms with van der Waals surface area (Å²) in [6.07, 6.45) is 4.84. The Bertz CT molecular complexity index is 1110. The zero-order chi connectivity index (χ0) is 18.8. The molecule has 0 radical (unpaired) electrons. The summed E-state index contributed by atoms with van der Waals surface area (Å²) in [5, 5.41) is 14.9. The minimum atomic E-state index is -0.377. The van der Waals surface area contributed by atoms with Crippen molar-refractivity contribution in [2.75, 3.05) is 5.32 Å². The third-order valence-electron chi connectivity index (χ3n) is 3.79. The molecule has 0 spiro atoms. The largest absolute Gasteiger partial charge is 0.317 e. The maximum atomic E-state index is 12.6. The highest BCUT2D eigenvalue weighted by Crippen LogP contribution is 2.25. The van der Waals surface area contributed by atoms with E-state index < -0.39 is 0 Å². The highest BCUT2D eigenvalue weighted by molar-refractivity contribution is 6.35. The number of halogens is 2. The van der Waals surface area contributed by atoms with Crippen LogP contribution >= 0.6 is 23.2 Å². The number of carbonyl (C=O) groups excluding carboxylic acids is 1. The molecule has 0 aliphatic carbocycles. The average molecular weight is 399 g/mol. The fraction of sp³-hybridized carbons (Fsp3) is 0. The van der Waals surface area contributed by atoms with Crippen molar-refractivity contribution in [3.8, 4) is 17.1 Å². The number of amides is 1. The predicted octanol–water partition coefficient (Wildman–Crippen LogP) is 4.22. The van der Waals surface area contributed by atoms with Crippen LogP contribution in [0.4, 0.5) is 5.69 Å². The monoisotopic (exact) mass is 398 g/mol. The summed E-state index contributed by atoms with van der Waals surface area (Å²) in [5.41, 5.74) is 2.65. The van der Waals surface area contributed by atoms with Gasteiger partial charge in [-0.15, -0.1) is 0 Å². The maximum absolute atomic E-state index is 12.6. The van der Waals surface area contributed by atoms with Crippen LogP contribution in [0.3, 0.4) is 0 Å². The van der Waals surface area contributed by atoms with Gasteiger partial charge in [0, 0.05) is 17.4 Å². The van der Waals surface area contributed by atoms with E-state index in [1.54, 1.807) is 36.7 Å². The molecule has 2 N–H and O–H groups in total. The number of nitrogens with one attached hydrogen (secondary N) is 2. The van der Waals surface area contributed by atoms with Crippen LogP contribution in [0.5, 0.6) is 0 Å². The summed E-state index contributed by atoms with van der Waals surface area (Å²) < 4.78 is 1.52. The molecule has 0 fully saturated rings. The molecule has 0 aliphatic heterocycles. The van der Waals surface area contributed by atoms with E-state index in [0.717, 1.165) is 0 Å². The van der Waals surface area contributed by atoms with Crippen molar-refractivity contribution in [3.05, 3.63) is 76.8 Å². The lowest BCUT2D eigenvalue weighted by Gasteiger charge is -2.05. The van der Waals surface area contributed by atoms with Crippen LogP contribution in [0.25, 0.3) is 17.1 Å². The van der Waals surface area contributed by atoms with Crippen LogP contribution in [-0.2, 0) is 0 Å². The van der Waals surface area contributed by atoms with Gasteiger partial charge in [-0.2, -0.15) is 10.2 Å². The summed E-state index contributed by atoms with van der Waals surface area (Å²) in [4.78, 5) is 16.8. The summed E-state index contributed by atoms with van der Waals surface area (Å²) in [6, 6.07) is 12.1. The van der Waals surface area contributed by atoms with Gasteiger partial charge in [-0.25, -0.2) is 4.68 Å². The number of benzene rings is 1. The lowest BCUT2D eigenvalue weighted by molar-refractivity contribution is 0.102. The van der Waals surface area contributed by atoms with Gasteiger partial charge in [0.05, 0.1) is 28.3 Å². The van der Waals surface area contributed by atoms with E-state index in [1.807, 2.05) is 18.2 Å². The number of nitrogens with zero attached hydrogens (tertiary/aromatic N) is 4. The molecule has 0 atom stereocenters. The van der Waals surface area contributed by atoms with Crippen LogP contribution in [0, 0.1) is 0 Å². The van der Waals surface area contributed by atoms with Gasteiger partial charge in [0.2, 0.25) is 0 Å². The van der Waals surface area contributed by atoms with Gasteiger partial charge in [0.1, 0.15) is 5.69 Å². The van der Waals surface area contributed by atoms with Gasteiger partial charge in [0.25, 0.3) is 5.91 Å². The van der Waals surface area contributed by atoms with E-state index in [9.17, 15) is 4.79 Å². The van der Waals surface area contributed by atoms with Crippen LogP contribution in [0.2, 0.25) is 10.0 Å². The number of H-pyrrole nitrogens is 1. The first-order valence-electron chi connectivity index (χ1n) is 7.89. The zero-order valence-electron chi connectivity index (χ0n) is 13.7. The lowest BCUT2D eigenvalue weighted by atomic mass is 10.2. The van der Waals surface area contributed by atoms with E-state index in [4.69, 9.17) is 23.2 Å². The Balaban J connectivity index is 1.57. The minimum Gasteiger partial charge on any atom is -0.317 e. The Labute approximate surface area is 164 Å². The summed E-state index contributed by atoms with van der Waals surface area (Å²) in [5.74, 6) is -0.377. The highest BCUT2D eigenvalue weighted by atomic mass is 35.5. The summed E-state index contributed by atoms with van der Waals surface area (Å²) in [7, 11) is 0. The molecule has 1 amide bonds. The second-order valence-electron chi connectivity index (χ2n) is 5.57. The SMILES string of the molecule is O=C(Nc1cn[nH]c1-c1ccccn1)c1ccn(-c2ccc(Cl)cc2Cl)n1. The van der Waals surface area contributed by atoms with Crippen LogP contribution in [0.15, 0.2) is 61.1 Å². The van der Waals surface area contributed by atoms with Crippen LogP contribution in [0.1, 0.15) is 10.5 Å². The Hall–Kier alpha value is -3.16. The number of hydrogen-bond donors (Lipinski definition) is 2. The molecule has 134 valence electrons. The molecule has 3 aromatic heterocycles. The van der Waals surface area contributed by atoms with Crippen molar-refractivity contribution >= 4 is 34.8 Å². The normalized spacial score (nSPS) is 10.7. The molecular weight excluding hydrogens is 387 g/mol. The Morgan fingerprint density at radius 1 is 1.15 bits per heavy atom. The molecule has 0 saturated carbocycles. The van der Waals surface area contributed by atoms with Gasteiger partial charge in [-0.3, -0.25) is 14.9 Å². The second-order valence-corrected chi connectivity index (χ2v) is 6.41.